The Morgan fingerprint density at radius 1 is 1.20 bits per heavy atom. The topological polar surface area (TPSA) is 60.7 Å². The standard InChI is InChI=1S/C14H14ClNO4/c1-8-4-5-11(20-8)14(17)16-10-7-13(19-3)12(18-2)6-9(10)15/h4-7H,1-3H3,(H,16,17). The quantitative estimate of drug-likeness (QED) is 0.937. The lowest BCUT2D eigenvalue weighted by Crippen LogP contribution is -2.11. The summed E-state index contributed by atoms with van der Waals surface area (Å²) >= 11 is 6.09. The van der Waals surface area contributed by atoms with Crippen LogP contribution in [0.1, 0.15) is 16.3 Å². The Hall–Kier alpha value is -2.14. The maximum Gasteiger partial charge on any atom is 0.291 e. The van der Waals surface area contributed by atoms with Gasteiger partial charge in [0.05, 0.1) is 24.9 Å². The number of aryl methyl sites for hydroxylation is 1. The smallest absolute Gasteiger partial charge is 0.291 e. The first-order valence-electron chi connectivity index (χ1n) is 5.84. The van der Waals surface area contributed by atoms with E-state index in [1.165, 1.54) is 14.2 Å². The van der Waals surface area contributed by atoms with Crippen molar-refractivity contribution in [2.45, 2.75) is 6.92 Å². The van der Waals surface area contributed by atoms with Gasteiger partial charge in [-0.05, 0) is 19.1 Å². The molecule has 0 aliphatic rings. The Kier molecular flexibility index (Phi) is 4.20. The average molecular weight is 296 g/mol. The lowest BCUT2D eigenvalue weighted by Gasteiger charge is -2.12. The van der Waals surface area contributed by atoms with E-state index >= 15 is 0 Å². The van der Waals surface area contributed by atoms with Gasteiger partial charge in [0.15, 0.2) is 17.3 Å². The molecular formula is C14H14ClNO4. The van der Waals surface area contributed by atoms with Gasteiger partial charge in [-0.15, -0.1) is 0 Å². The van der Waals surface area contributed by atoms with E-state index in [1.807, 2.05) is 0 Å². The van der Waals surface area contributed by atoms with E-state index in [0.29, 0.717) is 28.0 Å². The van der Waals surface area contributed by atoms with E-state index in [2.05, 4.69) is 5.32 Å². The molecule has 0 unspecified atom stereocenters. The molecule has 0 saturated heterocycles. The number of halogens is 1. The molecule has 0 aliphatic carbocycles. The molecule has 0 fully saturated rings. The lowest BCUT2D eigenvalue weighted by molar-refractivity contribution is 0.0995. The summed E-state index contributed by atoms with van der Waals surface area (Å²) in [6, 6.07) is 6.47. The molecule has 1 aromatic heterocycles. The summed E-state index contributed by atoms with van der Waals surface area (Å²) in [6.07, 6.45) is 0. The zero-order chi connectivity index (χ0) is 14.7. The van der Waals surface area contributed by atoms with Crippen molar-refractivity contribution in [3.05, 3.63) is 40.8 Å². The van der Waals surface area contributed by atoms with Crippen LogP contribution in [-0.2, 0) is 0 Å². The fraction of sp³-hybridized carbons (Fsp3) is 0.214. The van der Waals surface area contributed by atoms with Crippen molar-refractivity contribution >= 4 is 23.2 Å². The number of anilines is 1. The number of amides is 1. The number of hydrogen-bond acceptors (Lipinski definition) is 4. The summed E-state index contributed by atoms with van der Waals surface area (Å²) in [7, 11) is 3.02. The van der Waals surface area contributed by atoms with Crippen LogP contribution in [0.25, 0.3) is 0 Å². The van der Waals surface area contributed by atoms with Crippen molar-refractivity contribution in [2.24, 2.45) is 0 Å². The van der Waals surface area contributed by atoms with Crippen LogP contribution in [0, 0.1) is 6.92 Å². The molecule has 0 aliphatic heterocycles. The molecule has 0 spiro atoms. The van der Waals surface area contributed by atoms with Gasteiger partial charge in [0.2, 0.25) is 0 Å². The Balaban J connectivity index is 2.27. The highest BCUT2D eigenvalue weighted by molar-refractivity contribution is 6.34. The second-order valence-electron chi connectivity index (χ2n) is 4.05. The number of furan rings is 1. The monoisotopic (exact) mass is 295 g/mol. The molecule has 0 bridgehead atoms. The number of carbonyl (C=O) groups excluding carboxylic acids is 1. The van der Waals surface area contributed by atoms with Crippen molar-refractivity contribution in [3.8, 4) is 11.5 Å². The summed E-state index contributed by atoms with van der Waals surface area (Å²) in [5, 5.41) is 3.01. The van der Waals surface area contributed by atoms with Gasteiger partial charge in [-0.1, -0.05) is 11.6 Å². The van der Waals surface area contributed by atoms with E-state index in [-0.39, 0.29) is 11.7 Å². The first-order chi connectivity index (χ1) is 9.55. The molecule has 2 rings (SSSR count). The van der Waals surface area contributed by atoms with Crippen LogP contribution >= 0.6 is 11.6 Å². The van der Waals surface area contributed by atoms with Gasteiger partial charge in [-0.3, -0.25) is 4.79 Å². The molecule has 0 saturated carbocycles. The van der Waals surface area contributed by atoms with Crippen LogP contribution in [0.3, 0.4) is 0 Å². The SMILES string of the molecule is COc1cc(Cl)c(NC(=O)c2ccc(C)o2)cc1OC. The summed E-state index contributed by atoms with van der Waals surface area (Å²) < 4.78 is 15.5. The van der Waals surface area contributed by atoms with E-state index in [4.69, 9.17) is 25.5 Å². The zero-order valence-corrected chi connectivity index (χ0v) is 12.1. The Bertz CT molecular complexity index is 636. The van der Waals surface area contributed by atoms with Crippen LogP contribution in [0.4, 0.5) is 5.69 Å². The van der Waals surface area contributed by atoms with Crippen LogP contribution in [0.15, 0.2) is 28.7 Å². The number of ether oxygens (including phenoxy) is 2. The highest BCUT2D eigenvalue weighted by Gasteiger charge is 2.15. The second-order valence-corrected chi connectivity index (χ2v) is 4.46. The maximum absolute atomic E-state index is 12.0. The first-order valence-corrected chi connectivity index (χ1v) is 6.22. The van der Waals surface area contributed by atoms with Crippen molar-refractivity contribution in [3.63, 3.8) is 0 Å². The van der Waals surface area contributed by atoms with Gasteiger partial charge in [0, 0.05) is 12.1 Å². The Morgan fingerprint density at radius 2 is 1.85 bits per heavy atom. The summed E-state index contributed by atoms with van der Waals surface area (Å²) in [5.74, 6) is 1.46. The highest BCUT2D eigenvalue weighted by Crippen LogP contribution is 2.36. The summed E-state index contributed by atoms with van der Waals surface area (Å²) in [6.45, 7) is 1.76. The molecule has 1 amide bonds. The minimum atomic E-state index is -0.382. The van der Waals surface area contributed by atoms with Crippen molar-refractivity contribution in [1.82, 2.24) is 0 Å². The van der Waals surface area contributed by atoms with Gasteiger partial charge in [0.1, 0.15) is 5.76 Å². The van der Waals surface area contributed by atoms with Crippen LogP contribution in [0.2, 0.25) is 5.02 Å². The second kappa shape index (κ2) is 5.88. The normalized spacial score (nSPS) is 10.2. The van der Waals surface area contributed by atoms with Gasteiger partial charge < -0.3 is 19.2 Å². The number of methoxy groups -OCH3 is 2. The number of carbonyl (C=O) groups is 1. The van der Waals surface area contributed by atoms with Gasteiger partial charge in [-0.2, -0.15) is 0 Å². The summed E-state index contributed by atoms with van der Waals surface area (Å²) in [5.41, 5.74) is 0.420. The first kappa shape index (κ1) is 14.3. The number of nitrogens with one attached hydrogen (secondary N) is 1. The van der Waals surface area contributed by atoms with Crippen LogP contribution < -0.4 is 14.8 Å². The van der Waals surface area contributed by atoms with Gasteiger partial charge >= 0.3 is 0 Å². The molecule has 2 aromatic rings. The largest absolute Gasteiger partial charge is 0.493 e. The van der Waals surface area contributed by atoms with Gasteiger partial charge in [-0.25, -0.2) is 0 Å². The minimum absolute atomic E-state index is 0.216. The van der Waals surface area contributed by atoms with E-state index in [9.17, 15) is 4.79 Å². The highest BCUT2D eigenvalue weighted by atomic mass is 35.5. The van der Waals surface area contributed by atoms with Crippen molar-refractivity contribution in [1.29, 1.82) is 0 Å². The molecule has 0 radical (unpaired) electrons. The fourth-order valence-electron chi connectivity index (χ4n) is 1.69. The Labute approximate surface area is 121 Å². The molecule has 1 aromatic carbocycles. The number of rotatable bonds is 4. The van der Waals surface area contributed by atoms with Gasteiger partial charge in [0.25, 0.3) is 5.91 Å². The molecule has 20 heavy (non-hydrogen) atoms. The third-order valence-electron chi connectivity index (χ3n) is 2.69. The minimum Gasteiger partial charge on any atom is -0.493 e. The van der Waals surface area contributed by atoms with Crippen molar-refractivity contribution in [2.75, 3.05) is 19.5 Å². The van der Waals surface area contributed by atoms with E-state index in [1.54, 1.807) is 31.2 Å². The zero-order valence-electron chi connectivity index (χ0n) is 11.3. The predicted molar refractivity (Wildman–Crippen MR) is 76.0 cm³/mol. The van der Waals surface area contributed by atoms with E-state index < -0.39 is 0 Å². The van der Waals surface area contributed by atoms with Crippen LogP contribution in [0.5, 0.6) is 11.5 Å². The van der Waals surface area contributed by atoms with Crippen LogP contribution in [-0.4, -0.2) is 20.1 Å². The third kappa shape index (κ3) is 2.88. The fourth-order valence-corrected chi connectivity index (χ4v) is 1.89. The molecular weight excluding hydrogens is 282 g/mol. The average Bonchev–Trinajstić information content (AvgIpc) is 2.87. The predicted octanol–water partition coefficient (Wildman–Crippen LogP) is 3.51. The maximum atomic E-state index is 12.0. The van der Waals surface area contributed by atoms with E-state index in [0.717, 1.165) is 0 Å². The lowest BCUT2D eigenvalue weighted by atomic mass is 10.2. The molecule has 6 heteroatoms. The van der Waals surface area contributed by atoms with Crippen molar-refractivity contribution < 1.29 is 18.7 Å². The molecule has 1 heterocycles. The Morgan fingerprint density at radius 3 is 2.40 bits per heavy atom. The number of benzene rings is 1. The molecule has 106 valence electrons. The molecule has 5 nitrogen and oxygen atoms in total. The molecule has 0 atom stereocenters. The number of hydrogen-bond donors (Lipinski definition) is 1. The third-order valence-corrected chi connectivity index (χ3v) is 3.00. The molecule has 1 N–H and O–H groups in total. The summed E-state index contributed by atoms with van der Waals surface area (Å²) in [4.78, 5) is 12.0.